The predicted octanol–water partition coefficient (Wildman–Crippen LogP) is 2.38. The zero-order valence-electron chi connectivity index (χ0n) is 10.9. The van der Waals surface area contributed by atoms with E-state index in [4.69, 9.17) is 0 Å². The number of fused-ring (bicyclic) bond motifs is 1. The molecule has 1 aliphatic rings. The van der Waals surface area contributed by atoms with E-state index in [2.05, 4.69) is 35.8 Å². The van der Waals surface area contributed by atoms with Gasteiger partial charge in [0.25, 0.3) is 0 Å². The van der Waals surface area contributed by atoms with Crippen LogP contribution in [0.2, 0.25) is 0 Å². The SMILES string of the molecule is CC(C)(C)c1cn2c(n1)CC(c1ccccn1)=N2. The maximum absolute atomic E-state index is 4.66. The van der Waals surface area contributed by atoms with E-state index < -0.39 is 0 Å². The largest absolute Gasteiger partial charge is 0.255 e. The van der Waals surface area contributed by atoms with Gasteiger partial charge in [-0.1, -0.05) is 26.8 Å². The average Bonchev–Trinajstić information content (AvgIpc) is 2.86. The van der Waals surface area contributed by atoms with Gasteiger partial charge in [-0.15, -0.1) is 0 Å². The van der Waals surface area contributed by atoms with Crippen LogP contribution >= 0.6 is 0 Å². The van der Waals surface area contributed by atoms with Gasteiger partial charge in [-0.05, 0) is 12.1 Å². The van der Waals surface area contributed by atoms with E-state index in [1.165, 1.54) is 0 Å². The molecule has 0 bridgehead atoms. The predicted molar refractivity (Wildman–Crippen MR) is 70.8 cm³/mol. The van der Waals surface area contributed by atoms with Crippen LogP contribution in [-0.2, 0) is 11.8 Å². The first-order valence-electron chi connectivity index (χ1n) is 6.12. The fraction of sp³-hybridized carbons (Fsp3) is 0.357. The molecular weight excluding hydrogens is 224 g/mol. The lowest BCUT2D eigenvalue weighted by Gasteiger charge is -2.14. The van der Waals surface area contributed by atoms with Gasteiger partial charge in [0.05, 0.1) is 29.7 Å². The maximum Gasteiger partial charge on any atom is 0.136 e. The smallest absolute Gasteiger partial charge is 0.136 e. The zero-order valence-corrected chi connectivity index (χ0v) is 10.9. The van der Waals surface area contributed by atoms with Crippen LogP contribution in [0.15, 0.2) is 35.7 Å². The molecule has 0 unspecified atom stereocenters. The third-order valence-electron chi connectivity index (χ3n) is 3.04. The van der Waals surface area contributed by atoms with Crippen molar-refractivity contribution in [3.8, 4) is 0 Å². The van der Waals surface area contributed by atoms with Crippen LogP contribution in [0.3, 0.4) is 0 Å². The number of imidazole rings is 1. The molecule has 1 aliphatic heterocycles. The van der Waals surface area contributed by atoms with E-state index in [0.717, 1.165) is 29.3 Å². The van der Waals surface area contributed by atoms with Gasteiger partial charge in [0.2, 0.25) is 0 Å². The van der Waals surface area contributed by atoms with Crippen molar-refractivity contribution in [1.29, 1.82) is 0 Å². The molecule has 18 heavy (non-hydrogen) atoms. The minimum absolute atomic E-state index is 0.0675. The Morgan fingerprint density at radius 3 is 2.67 bits per heavy atom. The first kappa shape index (κ1) is 11.1. The Hall–Kier alpha value is -1.97. The van der Waals surface area contributed by atoms with Crippen molar-refractivity contribution in [2.45, 2.75) is 32.6 Å². The first-order chi connectivity index (χ1) is 8.54. The third-order valence-corrected chi connectivity index (χ3v) is 3.04. The summed E-state index contributed by atoms with van der Waals surface area (Å²) >= 11 is 0. The van der Waals surface area contributed by atoms with E-state index in [9.17, 15) is 0 Å². The van der Waals surface area contributed by atoms with Gasteiger partial charge < -0.3 is 0 Å². The molecule has 2 aromatic rings. The Morgan fingerprint density at radius 2 is 2.06 bits per heavy atom. The van der Waals surface area contributed by atoms with Crippen LogP contribution in [0.25, 0.3) is 0 Å². The molecule has 0 N–H and O–H groups in total. The molecule has 0 aliphatic carbocycles. The summed E-state index contributed by atoms with van der Waals surface area (Å²) in [6.45, 7) is 6.48. The number of hydrogen-bond donors (Lipinski definition) is 0. The third kappa shape index (κ3) is 1.83. The molecular formula is C14H16N4. The summed E-state index contributed by atoms with van der Waals surface area (Å²) in [6.07, 6.45) is 4.57. The van der Waals surface area contributed by atoms with Crippen LogP contribution in [0, 0.1) is 0 Å². The summed E-state index contributed by atoms with van der Waals surface area (Å²) < 4.78 is 1.88. The summed E-state index contributed by atoms with van der Waals surface area (Å²) in [5.74, 6) is 1.00. The van der Waals surface area contributed by atoms with Gasteiger partial charge in [0.1, 0.15) is 5.82 Å². The normalized spacial score (nSPS) is 14.5. The quantitative estimate of drug-likeness (QED) is 0.768. The fourth-order valence-corrected chi connectivity index (χ4v) is 1.97. The molecule has 3 heterocycles. The highest BCUT2D eigenvalue weighted by atomic mass is 15.4. The van der Waals surface area contributed by atoms with Gasteiger partial charge >= 0.3 is 0 Å². The molecule has 3 rings (SSSR count). The van der Waals surface area contributed by atoms with Gasteiger partial charge in [-0.2, -0.15) is 5.10 Å². The minimum Gasteiger partial charge on any atom is -0.255 e. The highest BCUT2D eigenvalue weighted by Crippen LogP contribution is 2.24. The molecule has 0 amide bonds. The Balaban J connectivity index is 1.94. The monoisotopic (exact) mass is 240 g/mol. The maximum atomic E-state index is 4.66. The molecule has 2 aromatic heterocycles. The Morgan fingerprint density at radius 1 is 1.22 bits per heavy atom. The minimum atomic E-state index is 0.0675. The zero-order chi connectivity index (χ0) is 12.8. The number of aromatic nitrogens is 3. The highest BCUT2D eigenvalue weighted by molar-refractivity contribution is 6.01. The van der Waals surface area contributed by atoms with Crippen LogP contribution < -0.4 is 0 Å². The van der Waals surface area contributed by atoms with E-state index >= 15 is 0 Å². The standard InChI is InChI=1S/C14H16N4/c1-14(2,3)12-9-18-13(16-12)8-11(17-18)10-6-4-5-7-15-10/h4-7,9H,8H2,1-3H3. The van der Waals surface area contributed by atoms with Gasteiger partial charge in [0.15, 0.2) is 0 Å². The summed E-state index contributed by atoms with van der Waals surface area (Å²) in [4.78, 5) is 8.98. The average molecular weight is 240 g/mol. The molecule has 4 heteroatoms. The summed E-state index contributed by atoms with van der Waals surface area (Å²) in [5.41, 5.74) is 3.07. The molecule has 0 spiro atoms. The second-order valence-corrected chi connectivity index (χ2v) is 5.58. The summed E-state index contributed by atoms with van der Waals surface area (Å²) in [6, 6.07) is 5.87. The van der Waals surface area contributed by atoms with E-state index in [1.54, 1.807) is 6.20 Å². The summed E-state index contributed by atoms with van der Waals surface area (Å²) in [5, 5.41) is 4.56. The summed E-state index contributed by atoms with van der Waals surface area (Å²) in [7, 11) is 0. The van der Waals surface area contributed by atoms with Crippen LogP contribution in [-0.4, -0.2) is 20.4 Å². The molecule has 0 radical (unpaired) electrons. The number of hydrogen-bond acceptors (Lipinski definition) is 3. The van der Waals surface area contributed by atoms with Crippen molar-refractivity contribution < 1.29 is 0 Å². The molecule has 0 fully saturated rings. The molecule has 0 aromatic carbocycles. The highest BCUT2D eigenvalue weighted by Gasteiger charge is 2.24. The van der Waals surface area contributed by atoms with Crippen LogP contribution in [0.1, 0.15) is 38.0 Å². The fourth-order valence-electron chi connectivity index (χ4n) is 1.97. The lowest BCUT2D eigenvalue weighted by Crippen LogP contribution is -2.12. The molecule has 0 saturated carbocycles. The second kappa shape index (κ2) is 3.77. The lowest BCUT2D eigenvalue weighted by atomic mass is 9.93. The lowest BCUT2D eigenvalue weighted by molar-refractivity contribution is 0.570. The van der Waals surface area contributed by atoms with E-state index in [-0.39, 0.29) is 5.41 Å². The van der Waals surface area contributed by atoms with Crippen LogP contribution in [0.4, 0.5) is 0 Å². The second-order valence-electron chi connectivity index (χ2n) is 5.58. The van der Waals surface area contributed by atoms with Crippen molar-refractivity contribution >= 4 is 5.71 Å². The Labute approximate surface area is 106 Å². The van der Waals surface area contributed by atoms with Crippen molar-refractivity contribution in [1.82, 2.24) is 14.6 Å². The number of rotatable bonds is 1. The number of nitrogens with zero attached hydrogens (tertiary/aromatic N) is 4. The molecule has 4 nitrogen and oxygen atoms in total. The Bertz CT molecular complexity index is 602. The van der Waals surface area contributed by atoms with Crippen molar-refractivity contribution in [3.63, 3.8) is 0 Å². The Kier molecular flexibility index (Phi) is 2.33. The van der Waals surface area contributed by atoms with Crippen molar-refractivity contribution in [2.75, 3.05) is 0 Å². The van der Waals surface area contributed by atoms with Crippen LogP contribution in [0.5, 0.6) is 0 Å². The van der Waals surface area contributed by atoms with E-state index in [0.29, 0.717) is 0 Å². The van der Waals surface area contributed by atoms with Crippen molar-refractivity contribution in [3.05, 3.63) is 47.8 Å². The van der Waals surface area contributed by atoms with Gasteiger partial charge in [0, 0.05) is 11.6 Å². The molecule has 92 valence electrons. The molecule has 0 atom stereocenters. The van der Waals surface area contributed by atoms with E-state index in [1.807, 2.05) is 29.1 Å². The van der Waals surface area contributed by atoms with Crippen molar-refractivity contribution in [2.24, 2.45) is 5.10 Å². The molecule has 0 saturated heterocycles. The first-order valence-corrected chi connectivity index (χ1v) is 6.12. The topological polar surface area (TPSA) is 43.1 Å². The number of pyridine rings is 1. The van der Waals surface area contributed by atoms with Gasteiger partial charge in [-0.3, -0.25) is 4.98 Å². The van der Waals surface area contributed by atoms with Gasteiger partial charge in [-0.25, -0.2) is 9.66 Å².